The normalized spacial score (nSPS) is 28.9. The second-order valence-electron chi connectivity index (χ2n) is 11.4. The van der Waals surface area contributed by atoms with Gasteiger partial charge in [0.1, 0.15) is 11.2 Å². The van der Waals surface area contributed by atoms with Crippen molar-refractivity contribution in [2.45, 2.75) is 84.5 Å². The molecule has 0 aromatic carbocycles. The predicted octanol–water partition coefficient (Wildman–Crippen LogP) is 3.08. The molecule has 0 aliphatic heterocycles. The second kappa shape index (κ2) is 9.78. The van der Waals surface area contributed by atoms with E-state index in [9.17, 15) is 14.4 Å². The summed E-state index contributed by atoms with van der Waals surface area (Å²) in [6.07, 6.45) is 8.35. The average Bonchev–Trinajstić information content (AvgIpc) is 3.15. The van der Waals surface area contributed by atoms with Crippen molar-refractivity contribution in [2.24, 2.45) is 28.9 Å². The lowest BCUT2D eigenvalue weighted by Gasteiger charge is -2.58. The summed E-state index contributed by atoms with van der Waals surface area (Å²) in [5.74, 6) is 0.968. The largest absolute Gasteiger partial charge is 0.474 e. The highest BCUT2D eigenvalue weighted by Gasteiger charge is 2.57. The van der Waals surface area contributed by atoms with Gasteiger partial charge in [0, 0.05) is 18.8 Å². The van der Waals surface area contributed by atoms with Crippen molar-refractivity contribution in [1.29, 1.82) is 0 Å². The molecule has 4 aliphatic carbocycles. The zero-order chi connectivity index (χ0) is 26.3. The maximum Gasteiger partial charge on any atom is 0.405 e. The van der Waals surface area contributed by atoms with E-state index in [1.165, 1.54) is 10.9 Å². The van der Waals surface area contributed by atoms with Gasteiger partial charge >= 0.3 is 6.09 Å². The van der Waals surface area contributed by atoms with E-state index in [0.717, 1.165) is 32.1 Å². The van der Waals surface area contributed by atoms with E-state index in [-0.39, 0.29) is 35.8 Å². The van der Waals surface area contributed by atoms with E-state index in [4.69, 9.17) is 15.2 Å². The Hall–Kier alpha value is -3.04. The molecule has 1 aromatic heterocycles. The molecular weight excluding hydrogens is 462 g/mol. The Bertz CT molecular complexity index is 1030. The van der Waals surface area contributed by atoms with Gasteiger partial charge in [0.05, 0.1) is 17.7 Å². The Kier molecular flexibility index (Phi) is 7.07. The number of carbonyl (C=O) groups excluding carboxylic acids is 3. The number of amides is 3. The van der Waals surface area contributed by atoms with Crippen LogP contribution in [0.2, 0.25) is 0 Å². The molecule has 0 spiro atoms. The molecule has 1 aromatic rings. The van der Waals surface area contributed by atoms with Gasteiger partial charge in [0.15, 0.2) is 0 Å². The summed E-state index contributed by atoms with van der Waals surface area (Å²) in [5, 5.41) is 10.4. The number of nitrogens with one attached hydrogen (secondary N) is 2. The number of aromatic nitrogens is 2. The average molecular weight is 502 g/mol. The molecule has 3 amide bonds. The van der Waals surface area contributed by atoms with Crippen LogP contribution in [0.15, 0.2) is 12.3 Å². The van der Waals surface area contributed by atoms with Gasteiger partial charge in [-0.3, -0.25) is 9.59 Å². The SMILES string of the molecule is CCNC(=O)C(C)(C)/C=C/n1ncc(C(=O)N[C@H]2C3CC4CC2C[C@](OC(N)=O)(C4)C3)c1OC(C)C. The number of ether oxygens (including phenoxy) is 2. The minimum atomic E-state index is -0.761. The zero-order valence-corrected chi connectivity index (χ0v) is 21.9. The van der Waals surface area contributed by atoms with Crippen LogP contribution in [0.1, 0.15) is 77.1 Å². The molecule has 4 N–H and O–H groups in total. The van der Waals surface area contributed by atoms with Crippen LogP contribution < -0.4 is 21.1 Å². The van der Waals surface area contributed by atoms with Crippen molar-refractivity contribution >= 4 is 24.1 Å². The van der Waals surface area contributed by atoms with E-state index in [0.29, 0.717) is 23.9 Å². The fourth-order valence-corrected chi connectivity index (χ4v) is 6.43. The highest BCUT2D eigenvalue weighted by atomic mass is 16.6. The third kappa shape index (κ3) is 5.22. The molecule has 10 heteroatoms. The molecule has 4 saturated carbocycles. The first-order chi connectivity index (χ1) is 16.9. The van der Waals surface area contributed by atoms with Crippen LogP contribution in [0.4, 0.5) is 4.79 Å². The molecule has 0 saturated heterocycles. The molecule has 198 valence electrons. The summed E-state index contributed by atoms with van der Waals surface area (Å²) < 4.78 is 13.1. The van der Waals surface area contributed by atoms with Crippen LogP contribution in [0, 0.1) is 23.2 Å². The minimum absolute atomic E-state index is 0.00103. The summed E-state index contributed by atoms with van der Waals surface area (Å²) in [5.41, 5.74) is 4.47. The first-order valence-corrected chi connectivity index (χ1v) is 12.9. The minimum Gasteiger partial charge on any atom is -0.474 e. The number of nitrogens with two attached hydrogens (primary N) is 1. The predicted molar refractivity (Wildman–Crippen MR) is 134 cm³/mol. The van der Waals surface area contributed by atoms with Gasteiger partial charge in [-0.05, 0) is 84.5 Å². The fraction of sp³-hybridized carbons (Fsp3) is 0.692. The molecule has 5 rings (SSSR count). The Morgan fingerprint density at radius 1 is 1.25 bits per heavy atom. The number of rotatable bonds is 9. The summed E-state index contributed by atoms with van der Waals surface area (Å²) in [7, 11) is 0. The summed E-state index contributed by atoms with van der Waals surface area (Å²) in [4.78, 5) is 37.4. The van der Waals surface area contributed by atoms with Gasteiger partial charge in [-0.2, -0.15) is 5.10 Å². The van der Waals surface area contributed by atoms with E-state index < -0.39 is 17.1 Å². The van der Waals surface area contributed by atoms with Crippen LogP contribution >= 0.6 is 0 Å². The molecule has 36 heavy (non-hydrogen) atoms. The molecule has 0 radical (unpaired) electrons. The van der Waals surface area contributed by atoms with Crippen molar-refractivity contribution in [3.05, 3.63) is 17.8 Å². The number of hydrogen-bond donors (Lipinski definition) is 3. The Balaban J connectivity index is 1.52. The second-order valence-corrected chi connectivity index (χ2v) is 11.4. The Morgan fingerprint density at radius 2 is 1.92 bits per heavy atom. The lowest BCUT2D eigenvalue weighted by molar-refractivity contribution is -0.137. The lowest BCUT2D eigenvalue weighted by atomic mass is 9.52. The summed E-state index contributed by atoms with van der Waals surface area (Å²) in [6.45, 7) is 9.82. The molecule has 2 unspecified atom stereocenters. The van der Waals surface area contributed by atoms with Gasteiger partial charge in [0.2, 0.25) is 11.8 Å². The van der Waals surface area contributed by atoms with Crippen LogP contribution in [0.25, 0.3) is 6.20 Å². The van der Waals surface area contributed by atoms with Crippen LogP contribution in [-0.2, 0) is 9.53 Å². The maximum atomic E-state index is 13.5. The highest BCUT2D eigenvalue weighted by molar-refractivity contribution is 5.96. The number of primary amides is 1. The quantitative estimate of drug-likeness (QED) is 0.475. The van der Waals surface area contributed by atoms with Crippen molar-refractivity contribution in [3.8, 4) is 5.88 Å². The number of nitrogens with zero attached hydrogens (tertiary/aromatic N) is 2. The Morgan fingerprint density at radius 3 is 2.50 bits per heavy atom. The van der Waals surface area contributed by atoms with Gasteiger partial charge in [0.25, 0.3) is 5.91 Å². The topological polar surface area (TPSA) is 138 Å². The third-order valence-electron chi connectivity index (χ3n) is 7.73. The first-order valence-electron chi connectivity index (χ1n) is 12.9. The standard InChI is InChI=1S/C26H39N5O5/c1-6-28-23(33)25(4,5)7-8-31-22(35-15(2)3)19(14-29-31)21(32)30-20-17-9-16-10-18(20)13-26(11-16,12-17)36-24(27)34/h7-8,14-18,20H,6,9-13H2,1-5H3,(H2,27,34)(H,28,33)(H,30,32)/b8-7+/t16?,17?,18?,20-,26-. The van der Waals surface area contributed by atoms with Crippen LogP contribution in [0.3, 0.4) is 0 Å². The zero-order valence-electron chi connectivity index (χ0n) is 21.9. The molecule has 1 heterocycles. The van der Waals surface area contributed by atoms with Gasteiger partial charge < -0.3 is 25.8 Å². The highest BCUT2D eigenvalue weighted by Crippen LogP contribution is 2.57. The van der Waals surface area contributed by atoms with E-state index >= 15 is 0 Å². The third-order valence-corrected chi connectivity index (χ3v) is 7.73. The molecule has 4 fully saturated rings. The lowest BCUT2D eigenvalue weighted by Crippen LogP contribution is -2.63. The molecule has 2 atom stereocenters. The van der Waals surface area contributed by atoms with Crippen LogP contribution in [-0.4, -0.2) is 52.0 Å². The smallest absolute Gasteiger partial charge is 0.405 e. The molecule has 4 aliphatic rings. The fourth-order valence-electron chi connectivity index (χ4n) is 6.43. The number of carbonyl (C=O) groups is 3. The van der Waals surface area contributed by atoms with Crippen molar-refractivity contribution < 1.29 is 23.9 Å². The molecular formula is C26H39N5O5. The first kappa shape index (κ1) is 26.0. The van der Waals surface area contributed by atoms with E-state index in [1.54, 1.807) is 12.3 Å². The summed E-state index contributed by atoms with van der Waals surface area (Å²) >= 11 is 0. The monoisotopic (exact) mass is 501 g/mol. The van der Waals surface area contributed by atoms with Crippen molar-refractivity contribution in [3.63, 3.8) is 0 Å². The van der Waals surface area contributed by atoms with E-state index in [1.807, 2.05) is 34.6 Å². The van der Waals surface area contributed by atoms with Crippen molar-refractivity contribution in [1.82, 2.24) is 20.4 Å². The molecule has 10 nitrogen and oxygen atoms in total. The molecule has 4 bridgehead atoms. The Labute approximate surface area is 212 Å². The van der Waals surface area contributed by atoms with E-state index in [2.05, 4.69) is 15.7 Å². The number of hydrogen-bond acceptors (Lipinski definition) is 6. The maximum absolute atomic E-state index is 13.5. The van der Waals surface area contributed by atoms with Gasteiger partial charge in [-0.1, -0.05) is 6.08 Å². The van der Waals surface area contributed by atoms with Crippen molar-refractivity contribution in [2.75, 3.05) is 6.54 Å². The summed E-state index contributed by atoms with van der Waals surface area (Å²) in [6, 6.07) is 0.00103. The van der Waals surface area contributed by atoms with Gasteiger partial charge in [-0.15, -0.1) is 0 Å². The van der Waals surface area contributed by atoms with Crippen LogP contribution in [0.5, 0.6) is 5.88 Å². The van der Waals surface area contributed by atoms with Gasteiger partial charge in [-0.25, -0.2) is 9.48 Å².